The molecule has 2 aromatic carbocycles. The summed E-state index contributed by atoms with van der Waals surface area (Å²) >= 11 is 0. The predicted molar refractivity (Wildman–Crippen MR) is 127 cm³/mol. The molecule has 1 aliphatic heterocycles. The van der Waals surface area contributed by atoms with Crippen molar-refractivity contribution in [3.05, 3.63) is 83.3 Å². The van der Waals surface area contributed by atoms with Crippen molar-refractivity contribution in [1.29, 1.82) is 0 Å². The number of aryl methyl sites for hydroxylation is 1. The van der Waals surface area contributed by atoms with E-state index in [-0.39, 0.29) is 18.0 Å². The van der Waals surface area contributed by atoms with Gasteiger partial charge in [0, 0.05) is 41.9 Å². The second-order valence-electron chi connectivity index (χ2n) is 8.81. The van der Waals surface area contributed by atoms with Gasteiger partial charge in [-0.05, 0) is 42.8 Å². The third kappa shape index (κ3) is 3.65. The second kappa shape index (κ2) is 8.63. The Labute approximate surface area is 197 Å². The summed E-state index contributed by atoms with van der Waals surface area (Å²) < 4.78 is 29.7. The molecule has 0 radical (unpaired) electrons. The van der Waals surface area contributed by atoms with Gasteiger partial charge in [0.1, 0.15) is 17.3 Å². The molecule has 0 saturated carbocycles. The molecule has 0 spiro atoms. The van der Waals surface area contributed by atoms with Crippen LogP contribution in [0.5, 0.6) is 0 Å². The van der Waals surface area contributed by atoms with Crippen molar-refractivity contribution >= 4 is 16.7 Å². The predicted octanol–water partition coefficient (Wildman–Crippen LogP) is 5.84. The van der Waals surface area contributed by atoms with Crippen LogP contribution in [0.25, 0.3) is 22.0 Å². The quantitative estimate of drug-likeness (QED) is 0.384. The molecule has 2 atom stereocenters. The smallest absolute Gasteiger partial charge is 0.273 e. The number of fused-ring (bicyclic) bond motifs is 2. The first-order valence-electron chi connectivity index (χ1n) is 11.6. The molecule has 1 amide bonds. The summed E-state index contributed by atoms with van der Waals surface area (Å²) in [6.07, 6.45) is 3.69. The third-order valence-corrected chi connectivity index (χ3v) is 6.74. The topological polar surface area (TPSA) is 51.0 Å². The summed E-state index contributed by atoms with van der Waals surface area (Å²) in [5, 5.41) is 6.69. The van der Waals surface area contributed by atoms with E-state index in [1.54, 1.807) is 17.9 Å². The van der Waals surface area contributed by atoms with E-state index in [1.807, 2.05) is 49.1 Å². The Balaban J connectivity index is 1.60. The van der Waals surface area contributed by atoms with Crippen LogP contribution in [0.15, 0.2) is 54.7 Å². The van der Waals surface area contributed by atoms with Crippen LogP contribution in [0.2, 0.25) is 0 Å². The van der Waals surface area contributed by atoms with E-state index in [4.69, 9.17) is 5.10 Å². The zero-order valence-electron chi connectivity index (χ0n) is 19.4. The lowest BCUT2D eigenvalue weighted by molar-refractivity contribution is 0.0507. The Hall–Kier alpha value is -3.61. The van der Waals surface area contributed by atoms with E-state index in [0.29, 0.717) is 29.8 Å². The Morgan fingerprint density at radius 1 is 1.03 bits per heavy atom. The van der Waals surface area contributed by atoms with Crippen LogP contribution in [-0.2, 0) is 13.5 Å². The number of hydrogen-bond donors (Lipinski definition) is 0. The lowest BCUT2D eigenvalue weighted by atomic mass is 9.87. The minimum Gasteiger partial charge on any atom is -0.325 e. The number of carbonyl (C=O) groups excluding carboxylic acids is 1. The zero-order chi connectivity index (χ0) is 24.0. The van der Waals surface area contributed by atoms with Crippen LogP contribution in [0.4, 0.5) is 8.78 Å². The van der Waals surface area contributed by atoms with E-state index >= 15 is 0 Å². The lowest BCUT2D eigenvalue weighted by Gasteiger charge is -2.41. The molecule has 7 heteroatoms. The fourth-order valence-electron chi connectivity index (χ4n) is 5.20. The monoisotopic (exact) mass is 460 g/mol. The van der Waals surface area contributed by atoms with Gasteiger partial charge in [0.05, 0.1) is 17.4 Å². The first-order chi connectivity index (χ1) is 16.4. The van der Waals surface area contributed by atoms with Crippen molar-refractivity contribution in [3.63, 3.8) is 0 Å². The van der Waals surface area contributed by atoms with Gasteiger partial charge < -0.3 is 4.90 Å². The molecule has 5 rings (SSSR count). The number of rotatable bonds is 4. The summed E-state index contributed by atoms with van der Waals surface area (Å²) in [6, 6.07) is 12.9. The van der Waals surface area contributed by atoms with Gasteiger partial charge in [-0.3, -0.25) is 14.5 Å². The molecule has 34 heavy (non-hydrogen) atoms. The van der Waals surface area contributed by atoms with E-state index < -0.39 is 11.6 Å². The first-order valence-corrected chi connectivity index (χ1v) is 11.6. The Morgan fingerprint density at radius 3 is 2.41 bits per heavy atom. The number of nitrogens with zero attached hydrogens (tertiary/aromatic N) is 4. The fourth-order valence-corrected chi connectivity index (χ4v) is 5.20. The maximum Gasteiger partial charge on any atom is 0.273 e. The first kappa shape index (κ1) is 22.2. The molecule has 2 unspecified atom stereocenters. The van der Waals surface area contributed by atoms with Gasteiger partial charge in [0.15, 0.2) is 0 Å². The molecule has 4 aromatic rings. The average molecular weight is 461 g/mol. The van der Waals surface area contributed by atoms with Crippen molar-refractivity contribution < 1.29 is 13.6 Å². The molecule has 0 bridgehead atoms. The molecule has 174 valence electrons. The minimum absolute atomic E-state index is 0.0837. The highest BCUT2D eigenvalue weighted by molar-refractivity contribution is 5.97. The maximum atomic E-state index is 14.0. The summed E-state index contributed by atoms with van der Waals surface area (Å²) in [5.74, 6) is -1.38. The molecule has 2 aromatic heterocycles. The fraction of sp³-hybridized carbons (Fsp3) is 0.296. The highest BCUT2D eigenvalue weighted by Gasteiger charge is 2.40. The highest BCUT2D eigenvalue weighted by atomic mass is 19.1. The molecule has 1 aliphatic rings. The molecule has 3 heterocycles. The van der Waals surface area contributed by atoms with Crippen LogP contribution >= 0.6 is 0 Å². The van der Waals surface area contributed by atoms with Crippen LogP contribution in [-0.4, -0.2) is 31.6 Å². The van der Waals surface area contributed by atoms with Crippen molar-refractivity contribution in [2.75, 3.05) is 0 Å². The second-order valence-corrected chi connectivity index (χ2v) is 8.81. The number of halogens is 2. The highest BCUT2D eigenvalue weighted by Crippen LogP contribution is 2.41. The van der Waals surface area contributed by atoms with Gasteiger partial charge >= 0.3 is 0 Å². The largest absolute Gasteiger partial charge is 0.325 e. The number of hydrogen-bond acceptors (Lipinski definition) is 3. The van der Waals surface area contributed by atoms with Crippen LogP contribution in [0.1, 0.15) is 54.5 Å². The lowest BCUT2D eigenvalue weighted by Crippen LogP contribution is -2.47. The van der Waals surface area contributed by atoms with Gasteiger partial charge in [0.2, 0.25) is 0 Å². The SMILES string of the molecule is CCC1Cc2c(nn(C)c2-c2cc(F)cc(F)c2)C(CC)N1C(=O)c1cc2ccccc2cn1. The van der Waals surface area contributed by atoms with E-state index in [9.17, 15) is 13.6 Å². The third-order valence-electron chi connectivity index (χ3n) is 6.74. The Kier molecular flexibility index (Phi) is 5.63. The van der Waals surface area contributed by atoms with Gasteiger partial charge in [0.25, 0.3) is 5.91 Å². The molecule has 0 fully saturated rings. The summed E-state index contributed by atoms with van der Waals surface area (Å²) in [5.41, 5.74) is 3.28. The van der Waals surface area contributed by atoms with Crippen molar-refractivity contribution in [1.82, 2.24) is 19.7 Å². The van der Waals surface area contributed by atoms with E-state index in [1.165, 1.54) is 12.1 Å². The maximum absolute atomic E-state index is 14.0. The zero-order valence-corrected chi connectivity index (χ0v) is 19.4. The van der Waals surface area contributed by atoms with Crippen LogP contribution in [0.3, 0.4) is 0 Å². The van der Waals surface area contributed by atoms with Gasteiger partial charge in [-0.15, -0.1) is 0 Å². The molecular weight excluding hydrogens is 434 g/mol. The van der Waals surface area contributed by atoms with Gasteiger partial charge in [-0.1, -0.05) is 38.1 Å². The Morgan fingerprint density at radius 2 is 1.74 bits per heavy atom. The van der Waals surface area contributed by atoms with Crippen LogP contribution < -0.4 is 0 Å². The van der Waals surface area contributed by atoms with E-state index in [0.717, 1.165) is 34.5 Å². The molecular formula is C27H26F2N4O. The standard InChI is InChI=1S/C27H26F2N4O/c1-4-21-14-22-25(31-32(3)26(22)18-10-19(28)13-20(29)11-18)24(5-2)33(21)27(34)23-12-16-8-6-7-9-17(16)15-30-23/h6-13,15,21,24H,4-5,14H2,1-3H3. The van der Waals surface area contributed by atoms with Crippen molar-refractivity contribution in [2.24, 2.45) is 7.05 Å². The normalized spacial score (nSPS) is 17.7. The number of carbonyl (C=O) groups is 1. The molecule has 0 saturated heterocycles. The van der Waals surface area contributed by atoms with Gasteiger partial charge in [-0.2, -0.15) is 5.10 Å². The van der Waals surface area contributed by atoms with Crippen LogP contribution in [0, 0.1) is 11.6 Å². The number of benzene rings is 2. The molecule has 0 aliphatic carbocycles. The summed E-state index contributed by atoms with van der Waals surface area (Å²) in [6.45, 7) is 4.07. The van der Waals surface area contributed by atoms with E-state index in [2.05, 4.69) is 4.98 Å². The van der Waals surface area contributed by atoms with Crippen molar-refractivity contribution in [3.8, 4) is 11.3 Å². The van der Waals surface area contributed by atoms with Crippen molar-refractivity contribution in [2.45, 2.75) is 45.2 Å². The number of amides is 1. The average Bonchev–Trinajstić information content (AvgIpc) is 3.16. The van der Waals surface area contributed by atoms with Gasteiger partial charge in [-0.25, -0.2) is 8.78 Å². The number of aromatic nitrogens is 3. The number of pyridine rings is 1. The minimum atomic E-state index is -0.626. The summed E-state index contributed by atoms with van der Waals surface area (Å²) in [4.78, 5) is 20.1. The summed E-state index contributed by atoms with van der Waals surface area (Å²) in [7, 11) is 1.78. The molecule has 0 N–H and O–H groups in total. The molecule has 5 nitrogen and oxygen atoms in total. The Bertz CT molecular complexity index is 1380.